The third kappa shape index (κ3) is 3.48. The second kappa shape index (κ2) is 5.10. The number of nitrogens with two attached hydrogens (primary N) is 1. The van der Waals surface area contributed by atoms with E-state index < -0.39 is 0 Å². The Labute approximate surface area is 107 Å². The van der Waals surface area contributed by atoms with Crippen LogP contribution in [0.4, 0.5) is 4.39 Å². The molecule has 92 valence electrons. The molecule has 2 N–H and O–H groups in total. The first kappa shape index (κ1) is 12.5. The van der Waals surface area contributed by atoms with Gasteiger partial charge in [-0.2, -0.15) is 0 Å². The lowest BCUT2D eigenvalue weighted by molar-refractivity contribution is 0.308. The molecule has 1 aliphatic carbocycles. The second-order valence-electron chi connectivity index (χ2n) is 4.81. The molecule has 1 aliphatic rings. The van der Waals surface area contributed by atoms with Crippen LogP contribution in [0.5, 0.6) is 0 Å². The van der Waals surface area contributed by atoms with Crippen LogP contribution < -0.4 is 5.73 Å². The third-order valence-corrected chi connectivity index (χ3v) is 3.27. The Balaban J connectivity index is 2.07. The first-order valence-corrected chi connectivity index (χ1v) is 6.24. The molecule has 0 bridgehead atoms. The van der Waals surface area contributed by atoms with Crippen LogP contribution in [-0.4, -0.2) is 23.5 Å². The number of thiocarbonyl (C=S) groups is 1. The van der Waals surface area contributed by atoms with Crippen LogP contribution in [0.3, 0.4) is 0 Å². The van der Waals surface area contributed by atoms with E-state index in [1.807, 2.05) is 7.05 Å². The molecule has 1 saturated carbocycles. The van der Waals surface area contributed by atoms with Gasteiger partial charge in [-0.25, -0.2) is 4.39 Å². The molecular formula is C13H17FN2S. The number of rotatable bonds is 5. The molecule has 2 rings (SSSR count). The molecule has 0 aliphatic heterocycles. The molecule has 2 nitrogen and oxygen atoms in total. The van der Waals surface area contributed by atoms with Crippen LogP contribution in [0, 0.1) is 11.7 Å². The van der Waals surface area contributed by atoms with Crippen molar-refractivity contribution in [3.8, 4) is 0 Å². The minimum absolute atomic E-state index is 0.187. The minimum atomic E-state index is -0.187. The Kier molecular flexibility index (Phi) is 3.74. The first-order valence-electron chi connectivity index (χ1n) is 5.83. The highest BCUT2D eigenvalue weighted by atomic mass is 32.1. The molecular weight excluding hydrogens is 235 g/mol. The molecule has 0 saturated heterocycles. The van der Waals surface area contributed by atoms with E-state index in [2.05, 4.69) is 4.90 Å². The highest BCUT2D eigenvalue weighted by Gasteiger charge is 2.23. The summed E-state index contributed by atoms with van der Waals surface area (Å²) in [5.41, 5.74) is 6.95. The van der Waals surface area contributed by atoms with Crippen molar-refractivity contribution >= 4 is 17.2 Å². The minimum Gasteiger partial charge on any atom is -0.389 e. The predicted molar refractivity (Wildman–Crippen MR) is 71.3 cm³/mol. The summed E-state index contributed by atoms with van der Waals surface area (Å²) in [6.07, 6.45) is 2.61. The van der Waals surface area contributed by atoms with E-state index in [0.717, 1.165) is 18.0 Å². The van der Waals surface area contributed by atoms with Crippen molar-refractivity contribution in [1.82, 2.24) is 4.90 Å². The van der Waals surface area contributed by atoms with Crippen molar-refractivity contribution in [1.29, 1.82) is 0 Å². The zero-order chi connectivity index (χ0) is 12.4. The van der Waals surface area contributed by atoms with E-state index in [4.69, 9.17) is 18.0 Å². The van der Waals surface area contributed by atoms with Crippen molar-refractivity contribution < 1.29 is 4.39 Å². The maximum atomic E-state index is 13.6. The van der Waals surface area contributed by atoms with Crippen LogP contribution in [0.1, 0.15) is 24.0 Å². The zero-order valence-corrected chi connectivity index (χ0v) is 10.8. The van der Waals surface area contributed by atoms with E-state index in [9.17, 15) is 4.39 Å². The van der Waals surface area contributed by atoms with Crippen LogP contribution in [0.2, 0.25) is 0 Å². The lowest BCUT2D eigenvalue weighted by Gasteiger charge is -2.17. The Morgan fingerprint density at radius 3 is 2.82 bits per heavy atom. The van der Waals surface area contributed by atoms with Gasteiger partial charge in [0, 0.05) is 24.2 Å². The van der Waals surface area contributed by atoms with E-state index in [0.29, 0.717) is 17.1 Å². The van der Waals surface area contributed by atoms with Crippen molar-refractivity contribution in [3.63, 3.8) is 0 Å². The van der Waals surface area contributed by atoms with E-state index in [-0.39, 0.29) is 5.82 Å². The van der Waals surface area contributed by atoms with Crippen molar-refractivity contribution in [3.05, 3.63) is 35.1 Å². The van der Waals surface area contributed by atoms with Gasteiger partial charge in [-0.05, 0) is 44.0 Å². The predicted octanol–water partition coefficient (Wildman–Crippen LogP) is 2.30. The largest absolute Gasteiger partial charge is 0.389 e. The number of halogens is 1. The van der Waals surface area contributed by atoms with Crippen LogP contribution in [0.25, 0.3) is 0 Å². The summed E-state index contributed by atoms with van der Waals surface area (Å²) >= 11 is 4.90. The maximum absolute atomic E-state index is 13.6. The summed E-state index contributed by atoms with van der Waals surface area (Å²) in [7, 11) is 2.02. The van der Waals surface area contributed by atoms with Gasteiger partial charge in [-0.1, -0.05) is 12.2 Å². The summed E-state index contributed by atoms with van der Waals surface area (Å²) in [6, 6.07) is 4.82. The molecule has 0 aromatic heterocycles. The van der Waals surface area contributed by atoms with Gasteiger partial charge in [0.2, 0.25) is 0 Å². The standard InChI is InChI=1S/C13H17FN2S/c1-16(7-9-2-3-9)8-11-6-10(13(15)17)4-5-12(11)14/h4-6,9H,2-3,7-8H2,1H3,(H2,15,17). The first-order chi connectivity index (χ1) is 8.06. The molecule has 0 unspecified atom stereocenters. The van der Waals surface area contributed by atoms with E-state index >= 15 is 0 Å². The highest BCUT2D eigenvalue weighted by Crippen LogP contribution is 2.29. The molecule has 17 heavy (non-hydrogen) atoms. The SMILES string of the molecule is CN(Cc1cc(C(N)=S)ccc1F)CC1CC1. The lowest BCUT2D eigenvalue weighted by atomic mass is 10.1. The molecule has 0 spiro atoms. The van der Waals surface area contributed by atoms with Gasteiger partial charge in [-0.15, -0.1) is 0 Å². The molecule has 0 atom stereocenters. The van der Waals surface area contributed by atoms with E-state index in [1.165, 1.54) is 18.9 Å². The Morgan fingerprint density at radius 1 is 1.53 bits per heavy atom. The van der Waals surface area contributed by atoms with Crippen LogP contribution in [0.15, 0.2) is 18.2 Å². The zero-order valence-electron chi connectivity index (χ0n) is 9.95. The number of benzene rings is 1. The maximum Gasteiger partial charge on any atom is 0.127 e. The number of hydrogen-bond acceptors (Lipinski definition) is 2. The van der Waals surface area contributed by atoms with Crippen LogP contribution >= 0.6 is 12.2 Å². The monoisotopic (exact) mass is 252 g/mol. The average molecular weight is 252 g/mol. The molecule has 4 heteroatoms. The number of hydrogen-bond donors (Lipinski definition) is 1. The van der Waals surface area contributed by atoms with Gasteiger partial charge in [-0.3, -0.25) is 0 Å². The quantitative estimate of drug-likeness (QED) is 0.815. The van der Waals surface area contributed by atoms with Crippen molar-refractivity contribution in [2.24, 2.45) is 11.7 Å². The smallest absolute Gasteiger partial charge is 0.127 e. The van der Waals surface area contributed by atoms with Crippen LogP contribution in [-0.2, 0) is 6.54 Å². The summed E-state index contributed by atoms with van der Waals surface area (Å²) < 4.78 is 13.6. The van der Waals surface area contributed by atoms with Gasteiger partial charge >= 0.3 is 0 Å². The second-order valence-corrected chi connectivity index (χ2v) is 5.25. The van der Waals surface area contributed by atoms with Crippen molar-refractivity contribution in [2.45, 2.75) is 19.4 Å². The van der Waals surface area contributed by atoms with Gasteiger partial charge in [0.1, 0.15) is 10.8 Å². The normalized spacial score (nSPS) is 15.2. The molecule has 1 fully saturated rings. The van der Waals surface area contributed by atoms with Crippen molar-refractivity contribution in [2.75, 3.05) is 13.6 Å². The lowest BCUT2D eigenvalue weighted by Crippen LogP contribution is -2.21. The van der Waals surface area contributed by atoms with Gasteiger partial charge in [0.05, 0.1) is 0 Å². The van der Waals surface area contributed by atoms with E-state index in [1.54, 1.807) is 12.1 Å². The number of nitrogens with zero attached hydrogens (tertiary/aromatic N) is 1. The fourth-order valence-electron chi connectivity index (χ4n) is 1.95. The fraction of sp³-hybridized carbons (Fsp3) is 0.462. The van der Waals surface area contributed by atoms with Gasteiger partial charge < -0.3 is 10.6 Å². The summed E-state index contributed by atoms with van der Waals surface area (Å²) in [5, 5.41) is 0. The molecule has 0 radical (unpaired) electrons. The Bertz CT molecular complexity index is 429. The fourth-order valence-corrected chi connectivity index (χ4v) is 2.07. The topological polar surface area (TPSA) is 29.3 Å². The molecule has 0 amide bonds. The summed E-state index contributed by atoms with van der Waals surface area (Å²) in [5.74, 6) is 0.620. The average Bonchev–Trinajstić information content (AvgIpc) is 3.04. The highest BCUT2D eigenvalue weighted by molar-refractivity contribution is 7.80. The summed E-state index contributed by atoms with van der Waals surface area (Å²) in [6.45, 7) is 1.65. The van der Waals surface area contributed by atoms with Gasteiger partial charge in [0.15, 0.2) is 0 Å². The third-order valence-electron chi connectivity index (χ3n) is 3.04. The molecule has 1 aromatic carbocycles. The van der Waals surface area contributed by atoms with Gasteiger partial charge in [0.25, 0.3) is 0 Å². The Hall–Kier alpha value is -1.00. The molecule has 1 aromatic rings. The molecule has 0 heterocycles. The Morgan fingerprint density at radius 2 is 2.24 bits per heavy atom. The summed E-state index contributed by atoms with van der Waals surface area (Å²) in [4.78, 5) is 2.47.